The summed E-state index contributed by atoms with van der Waals surface area (Å²) in [5, 5.41) is 0. The first-order valence-corrected chi connectivity index (χ1v) is 8.84. The molecule has 1 aromatic carbocycles. The third-order valence-corrected chi connectivity index (χ3v) is 4.06. The third-order valence-electron chi connectivity index (χ3n) is 4.06. The Morgan fingerprint density at radius 1 is 1.17 bits per heavy atom. The van der Waals surface area contributed by atoms with E-state index < -0.39 is 29.3 Å². The van der Waals surface area contributed by atoms with E-state index in [2.05, 4.69) is 16.4 Å². The smallest absolute Gasteiger partial charge is 0.313 e. The summed E-state index contributed by atoms with van der Waals surface area (Å²) in [7, 11) is 1.24. The van der Waals surface area contributed by atoms with E-state index in [9.17, 15) is 18.4 Å². The lowest BCUT2D eigenvalue weighted by atomic mass is 10.1. The molecule has 0 aliphatic heterocycles. The fraction of sp³-hybridized carbons (Fsp3) is 0.136. The van der Waals surface area contributed by atoms with Crippen LogP contribution in [-0.2, 0) is 9.59 Å². The monoisotopic (exact) mass is 410 g/mol. The fourth-order valence-corrected chi connectivity index (χ4v) is 2.61. The number of amides is 1. The summed E-state index contributed by atoms with van der Waals surface area (Å²) in [6.07, 6.45) is 5.76. The van der Waals surface area contributed by atoms with Gasteiger partial charge in [-0.1, -0.05) is 17.5 Å². The van der Waals surface area contributed by atoms with E-state index in [1.807, 2.05) is 0 Å². The first kappa shape index (κ1) is 20.7. The van der Waals surface area contributed by atoms with E-state index in [1.165, 1.54) is 30.4 Å². The van der Waals surface area contributed by atoms with E-state index in [1.54, 1.807) is 24.3 Å². The van der Waals surface area contributed by atoms with Crippen molar-refractivity contribution in [3.05, 3.63) is 83.4 Å². The molecule has 3 rings (SSSR count). The lowest BCUT2D eigenvalue weighted by Crippen LogP contribution is -2.35. The number of nitrogens with zero attached hydrogens (tertiary/aromatic N) is 2. The van der Waals surface area contributed by atoms with Crippen molar-refractivity contribution in [2.45, 2.75) is 6.42 Å². The predicted octanol–water partition coefficient (Wildman–Crippen LogP) is 3.50. The molecule has 0 unspecified atom stereocenters. The molecule has 0 saturated heterocycles. The van der Waals surface area contributed by atoms with Crippen LogP contribution in [0.5, 0.6) is 11.5 Å². The first-order chi connectivity index (χ1) is 14.5. The lowest BCUT2D eigenvalue weighted by molar-refractivity contribution is -0.134. The van der Waals surface area contributed by atoms with Crippen LogP contribution in [-0.4, -0.2) is 30.5 Å². The molecule has 152 valence electrons. The van der Waals surface area contributed by atoms with Gasteiger partial charge in [0.25, 0.3) is 5.91 Å². The molecule has 0 radical (unpaired) electrons. The standard InChI is InChI=1S/C22H16F2N2O4/c1-29-17-11-10-16(23)20(24)21(17)30-19(27)12-14-26(18-9-5-6-13-25-18)22(28)15-7-3-2-4-8-15/h3,5-11,13H,12,14H2,1H3. The minimum Gasteiger partial charge on any atom is -0.493 e. The summed E-state index contributed by atoms with van der Waals surface area (Å²) >= 11 is 0. The van der Waals surface area contributed by atoms with Crippen LogP contribution < -0.4 is 14.4 Å². The summed E-state index contributed by atoms with van der Waals surface area (Å²) in [5.74, 6) is -4.27. The Hall–Kier alpha value is -3.99. The van der Waals surface area contributed by atoms with Crippen LogP contribution in [0.4, 0.5) is 14.6 Å². The molecular formula is C22H16F2N2O4. The number of allylic oxidation sites excluding steroid dienone is 2. The fourth-order valence-electron chi connectivity index (χ4n) is 2.61. The zero-order valence-corrected chi connectivity index (χ0v) is 15.9. The lowest BCUT2D eigenvalue weighted by Gasteiger charge is -2.22. The number of anilines is 1. The van der Waals surface area contributed by atoms with E-state index >= 15 is 0 Å². The zero-order valence-electron chi connectivity index (χ0n) is 15.9. The van der Waals surface area contributed by atoms with Gasteiger partial charge in [0.15, 0.2) is 11.6 Å². The average molecular weight is 410 g/mol. The molecule has 1 amide bonds. The molecule has 0 bridgehead atoms. The van der Waals surface area contributed by atoms with Crippen molar-refractivity contribution >= 4 is 17.7 Å². The molecule has 0 atom stereocenters. The van der Waals surface area contributed by atoms with Gasteiger partial charge in [0.1, 0.15) is 5.82 Å². The second-order valence-electron chi connectivity index (χ2n) is 5.98. The number of methoxy groups -OCH3 is 1. The molecule has 0 fully saturated rings. The molecule has 1 aliphatic carbocycles. The SMILES string of the molecule is COc1ccc(F)c(F)c1OC(=O)CCN(C(=O)C1=CC=C=C=C1)c1ccccn1. The Kier molecular flexibility index (Phi) is 6.55. The number of aromatic nitrogens is 1. The van der Waals surface area contributed by atoms with E-state index in [0.29, 0.717) is 11.4 Å². The highest BCUT2D eigenvalue weighted by atomic mass is 19.2. The van der Waals surface area contributed by atoms with E-state index in [4.69, 9.17) is 9.47 Å². The van der Waals surface area contributed by atoms with Crippen molar-refractivity contribution in [2.75, 3.05) is 18.6 Å². The maximum atomic E-state index is 14.0. The Balaban J connectivity index is 1.76. The zero-order chi connectivity index (χ0) is 21.5. The average Bonchev–Trinajstić information content (AvgIpc) is 2.78. The summed E-state index contributed by atoms with van der Waals surface area (Å²) < 4.78 is 37.4. The van der Waals surface area contributed by atoms with Gasteiger partial charge in [-0.2, -0.15) is 4.39 Å². The number of carbonyl (C=O) groups is 2. The van der Waals surface area contributed by atoms with Crippen LogP contribution in [0.25, 0.3) is 0 Å². The molecule has 30 heavy (non-hydrogen) atoms. The van der Waals surface area contributed by atoms with Crippen LogP contribution in [0, 0.1) is 11.6 Å². The molecule has 8 heteroatoms. The predicted molar refractivity (Wildman–Crippen MR) is 104 cm³/mol. The highest BCUT2D eigenvalue weighted by molar-refractivity contribution is 6.07. The van der Waals surface area contributed by atoms with Crippen molar-refractivity contribution in [1.29, 1.82) is 0 Å². The number of carbonyl (C=O) groups excluding carboxylic acids is 2. The number of hydrogen-bond acceptors (Lipinski definition) is 5. The number of ether oxygens (including phenoxy) is 2. The van der Waals surface area contributed by atoms with Gasteiger partial charge >= 0.3 is 5.97 Å². The minimum atomic E-state index is -1.34. The Bertz CT molecular complexity index is 1100. The number of hydrogen-bond donors (Lipinski definition) is 0. The van der Waals surface area contributed by atoms with Crippen LogP contribution >= 0.6 is 0 Å². The molecule has 1 aliphatic rings. The normalized spacial score (nSPS) is 11.8. The molecule has 0 saturated carbocycles. The topological polar surface area (TPSA) is 68.7 Å². The Morgan fingerprint density at radius 2 is 2.00 bits per heavy atom. The van der Waals surface area contributed by atoms with Crippen molar-refractivity contribution in [3.63, 3.8) is 0 Å². The number of esters is 1. The molecule has 0 N–H and O–H groups in total. The van der Waals surface area contributed by atoms with Gasteiger partial charge in [-0.05, 0) is 36.4 Å². The molecule has 1 aromatic heterocycles. The van der Waals surface area contributed by atoms with Gasteiger partial charge in [0.2, 0.25) is 11.6 Å². The highest BCUT2D eigenvalue weighted by Crippen LogP contribution is 2.32. The van der Waals surface area contributed by atoms with Crippen LogP contribution in [0.3, 0.4) is 0 Å². The summed E-state index contributed by atoms with van der Waals surface area (Å²) in [6.45, 7) is -0.105. The van der Waals surface area contributed by atoms with Crippen molar-refractivity contribution in [3.8, 4) is 11.5 Å². The largest absolute Gasteiger partial charge is 0.493 e. The summed E-state index contributed by atoms with van der Waals surface area (Å²) in [5.41, 5.74) is 5.72. The third kappa shape index (κ3) is 4.70. The molecule has 0 spiro atoms. The van der Waals surface area contributed by atoms with Gasteiger partial charge in [0.05, 0.1) is 13.5 Å². The second kappa shape index (κ2) is 9.47. The quantitative estimate of drug-likeness (QED) is 0.397. The van der Waals surface area contributed by atoms with E-state index in [0.717, 1.165) is 12.1 Å². The highest BCUT2D eigenvalue weighted by Gasteiger charge is 2.23. The maximum Gasteiger partial charge on any atom is 0.313 e. The molecular weight excluding hydrogens is 394 g/mol. The molecule has 6 nitrogen and oxygen atoms in total. The van der Waals surface area contributed by atoms with Gasteiger partial charge in [0, 0.05) is 24.4 Å². The van der Waals surface area contributed by atoms with Crippen molar-refractivity contribution in [1.82, 2.24) is 4.98 Å². The maximum absolute atomic E-state index is 14.0. The van der Waals surface area contributed by atoms with Crippen LogP contribution in [0.15, 0.2) is 71.8 Å². The minimum absolute atomic E-state index is 0.105. The summed E-state index contributed by atoms with van der Waals surface area (Å²) in [4.78, 5) is 30.6. The molecule has 2 aromatic rings. The van der Waals surface area contributed by atoms with Gasteiger partial charge in [-0.3, -0.25) is 14.5 Å². The van der Waals surface area contributed by atoms with Gasteiger partial charge in [-0.15, -0.1) is 0 Å². The molecule has 1 heterocycles. The van der Waals surface area contributed by atoms with Gasteiger partial charge < -0.3 is 9.47 Å². The number of benzene rings is 1. The number of rotatable bonds is 7. The Morgan fingerprint density at radius 3 is 2.67 bits per heavy atom. The summed E-state index contributed by atoms with van der Waals surface area (Å²) in [6, 6.07) is 7.00. The van der Waals surface area contributed by atoms with Crippen molar-refractivity contribution < 1.29 is 27.8 Å². The van der Waals surface area contributed by atoms with E-state index in [-0.39, 0.29) is 18.7 Å². The Labute approximate surface area is 171 Å². The van der Waals surface area contributed by atoms with Crippen molar-refractivity contribution in [2.24, 2.45) is 0 Å². The van der Waals surface area contributed by atoms with Crippen LogP contribution in [0.2, 0.25) is 0 Å². The second-order valence-corrected chi connectivity index (χ2v) is 5.98. The van der Waals surface area contributed by atoms with Crippen LogP contribution in [0.1, 0.15) is 6.42 Å². The first-order valence-electron chi connectivity index (χ1n) is 8.84. The number of halogens is 2. The van der Waals surface area contributed by atoms with Gasteiger partial charge in [-0.25, -0.2) is 9.37 Å². The number of pyridine rings is 1.